The van der Waals surface area contributed by atoms with Gasteiger partial charge in [-0.15, -0.1) is 0 Å². The maximum Gasteiger partial charge on any atom is 0.328 e. The number of hydrogen-bond acceptors (Lipinski definition) is 8. The molecular weight excluding hydrogens is 450 g/mol. The van der Waals surface area contributed by atoms with Gasteiger partial charge in [0.25, 0.3) is 0 Å². The van der Waals surface area contributed by atoms with E-state index in [0.29, 0.717) is 18.7 Å². The summed E-state index contributed by atoms with van der Waals surface area (Å²) < 4.78 is 0. The lowest BCUT2D eigenvalue weighted by molar-refractivity contribution is -0.145. The van der Waals surface area contributed by atoms with Crippen LogP contribution >= 0.6 is 0 Å². The molecule has 0 saturated heterocycles. The van der Waals surface area contributed by atoms with Gasteiger partial charge in [0, 0.05) is 24.9 Å². The molecule has 190 valence electrons. The minimum absolute atomic E-state index is 0.0469. The number of nitrogens with zero attached hydrogens (tertiary/aromatic N) is 2. The predicted octanol–water partition coefficient (Wildman–Crippen LogP) is -3.73. The Bertz CT molecular complexity index is 854. The number of carbonyl (C=O) groups is 4. The van der Waals surface area contributed by atoms with Crippen molar-refractivity contribution in [2.75, 3.05) is 6.54 Å². The highest BCUT2D eigenvalue weighted by Crippen LogP contribution is 2.03. The van der Waals surface area contributed by atoms with Crippen LogP contribution in [-0.2, 0) is 25.6 Å². The van der Waals surface area contributed by atoms with Crippen molar-refractivity contribution in [2.45, 2.75) is 63.4 Å². The Balaban J connectivity index is 2.77. The van der Waals surface area contributed by atoms with Crippen LogP contribution in [0.3, 0.4) is 0 Å². The average Bonchev–Trinajstić information content (AvgIpc) is 3.26. The number of carboxylic acid groups (broad SMARTS) is 1. The van der Waals surface area contributed by atoms with Gasteiger partial charge < -0.3 is 48.3 Å². The monoisotopic (exact) mass is 483 g/mol. The molecule has 1 aromatic heterocycles. The largest absolute Gasteiger partial charge is 0.480 e. The number of carbonyl (C=O) groups excluding carboxylic acids is 3. The predicted molar refractivity (Wildman–Crippen MR) is 121 cm³/mol. The Labute approximate surface area is 195 Å². The number of aliphatic hydroxyl groups excluding tert-OH is 1. The van der Waals surface area contributed by atoms with E-state index in [2.05, 4.69) is 30.9 Å². The van der Waals surface area contributed by atoms with E-state index in [1.54, 1.807) is 0 Å². The van der Waals surface area contributed by atoms with E-state index in [1.807, 2.05) is 0 Å². The number of aliphatic carboxylic acids is 1. The van der Waals surface area contributed by atoms with E-state index in [-0.39, 0.29) is 18.8 Å². The Hall–Kier alpha value is -3.72. The number of carboxylic acids is 1. The first-order valence-corrected chi connectivity index (χ1v) is 10.5. The summed E-state index contributed by atoms with van der Waals surface area (Å²) in [6, 6.07) is -4.76. The van der Waals surface area contributed by atoms with Crippen molar-refractivity contribution < 1.29 is 29.4 Å². The van der Waals surface area contributed by atoms with Crippen molar-refractivity contribution in [3.05, 3.63) is 18.2 Å². The Morgan fingerprint density at radius 2 is 1.79 bits per heavy atom. The summed E-state index contributed by atoms with van der Waals surface area (Å²) in [5.41, 5.74) is 16.8. The summed E-state index contributed by atoms with van der Waals surface area (Å²) in [5.74, 6) is -3.64. The summed E-state index contributed by atoms with van der Waals surface area (Å²) in [6.07, 6.45) is 2.11. The first-order chi connectivity index (χ1) is 15.9. The maximum atomic E-state index is 12.7. The van der Waals surface area contributed by atoms with E-state index in [4.69, 9.17) is 17.2 Å². The molecule has 0 radical (unpaired) electrons. The third kappa shape index (κ3) is 9.83. The number of amides is 3. The number of aromatic nitrogens is 2. The van der Waals surface area contributed by atoms with E-state index in [9.17, 15) is 29.4 Å². The summed E-state index contributed by atoms with van der Waals surface area (Å²) in [7, 11) is 0. The number of H-pyrrole nitrogens is 1. The first-order valence-electron chi connectivity index (χ1n) is 10.5. The van der Waals surface area contributed by atoms with Gasteiger partial charge in [0.15, 0.2) is 12.0 Å². The molecule has 12 N–H and O–H groups in total. The second kappa shape index (κ2) is 13.7. The lowest BCUT2D eigenvalue weighted by Gasteiger charge is -2.24. The van der Waals surface area contributed by atoms with Gasteiger partial charge in [0.05, 0.1) is 18.5 Å². The topological polar surface area (TPSA) is 264 Å². The van der Waals surface area contributed by atoms with Crippen molar-refractivity contribution in [1.29, 1.82) is 0 Å². The standard InChI is InChI=1S/C19H33N9O6/c1-9(26-16(31)12(20)4-3-5-24-19(21)22)15(30)27-13(6-11-7-23-8-25-11)17(32)28-14(10(2)29)18(33)34/h7-10,12-14,29H,3-6,20H2,1-2H3,(H,23,25)(H,26,31)(H,27,30)(H,28,32)(H,33,34)(H4,21,22,24). The molecule has 0 bridgehead atoms. The fourth-order valence-corrected chi connectivity index (χ4v) is 2.80. The fourth-order valence-electron chi connectivity index (χ4n) is 2.80. The third-order valence-electron chi connectivity index (χ3n) is 4.71. The van der Waals surface area contributed by atoms with E-state index >= 15 is 0 Å². The number of hydrogen-bond donors (Lipinski definition) is 9. The molecule has 1 rings (SSSR count). The summed E-state index contributed by atoms with van der Waals surface area (Å²) in [5, 5.41) is 25.9. The van der Waals surface area contributed by atoms with Crippen molar-refractivity contribution in [3.63, 3.8) is 0 Å². The second-order valence-electron chi connectivity index (χ2n) is 7.69. The van der Waals surface area contributed by atoms with E-state index < -0.39 is 54.0 Å². The SMILES string of the molecule is CC(NC(=O)C(N)CCCN=C(N)N)C(=O)NC(Cc1cnc[nH]1)C(=O)NC(C(=O)O)C(C)O. The lowest BCUT2D eigenvalue weighted by atomic mass is 10.1. The number of nitrogens with two attached hydrogens (primary N) is 3. The molecule has 3 amide bonds. The molecular formula is C19H33N9O6. The molecule has 34 heavy (non-hydrogen) atoms. The highest BCUT2D eigenvalue weighted by molar-refractivity contribution is 5.94. The number of aliphatic hydroxyl groups is 1. The van der Waals surface area contributed by atoms with Crippen LogP contribution in [0.4, 0.5) is 0 Å². The Morgan fingerprint density at radius 3 is 2.32 bits per heavy atom. The van der Waals surface area contributed by atoms with Gasteiger partial charge in [-0.25, -0.2) is 9.78 Å². The van der Waals surface area contributed by atoms with Gasteiger partial charge in [-0.1, -0.05) is 0 Å². The molecule has 1 heterocycles. The number of aromatic amines is 1. The van der Waals surface area contributed by atoms with Gasteiger partial charge in [0.2, 0.25) is 17.7 Å². The van der Waals surface area contributed by atoms with Crippen LogP contribution in [0.15, 0.2) is 17.5 Å². The molecule has 0 spiro atoms. The molecule has 0 aliphatic heterocycles. The number of nitrogens with one attached hydrogen (secondary N) is 4. The van der Waals surface area contributed by atoms with E-state index in [0.717, 1.165) is 0 Å². The third-order valence-corrected chi connectivity index (χ3v) is 4.71. The molecule has 0 saturated carbocycles. The number of rotatable bonds is 14. The highest BCUT2D eigenvalue weighted by Gasteiger charge is 2.31. The van der Waals surface area contributed by atoms with Crippen LogP contribution in [0.2, 0.25) is 0 Å². The van der Waals surface area contributed by atoms with Crippen molar-refractivity contribution in [3.8, 4) is 0 Å². The lowest BCUT2D eigenvalue weighted by Crippen LogP contribution is -2.58. The van der Waals surface area contributed by atoms with Crippen LogP contribution in [0.5, 0.6) is 0 Å². The van der Waals surface area contributed by atoms with Gasteiger partial charge >= 0.3 is 5.97 Å². The van der Waals surface area contributed by atoms with Crippen LogP contribution < -0.4 is 33.2 Å². The number of guanidine groups is 1. The second-order valence-corrected chi connectivity index (χ2v) is 7.69. The summed E-state index contributed by atoms with van der Waals surface area (Å²) >= 11 is 0. The number of aliphatic imine (C=N–C) groups is 1. The maximum absolute atomic E-state index is 12.7. The molecule has 15 nitrogen and oxygen atoms in total. The fraction of sp³-hybridized carbons (Fsp3) is 0.579. The molecule has 0 fully saturated rings. The number of imidazole rings is 1. The van der Waals surface area contributed by atoms with Gasteiger partial charge in [-0.3, -0.25) is 19.4 Å². The quantitative estimate of drug-likeness (QED) is 0.0709. The van der Waals surface area contributed by atoms with Gasteiger partial charge in [-0.2, -0.15) is 0 Å². The zero-order chi connectivity index (χ0) is 25.8. The molecule has 5 unspecified atom stereocenters. The normalized spacial score (nSPS) is 15.2. The Kier molecular flexibility index (Phi) is 11.4. The van der Waals surface area contributed by atoms with Crippen LogP contribution in [-0.4, -0.2) is 86.6 Å². The van der Waals surface area contributed by atoms with Crippen molar-refractivity contribution in [1.82, 2.24) is 25.9 Å². The summed E-state index contributed by atoms with van der Waals surface area (Å²) in [4.78, 5) is 59.3. The van der Waals surface area contributed by atoms with Crippen molar-refractivity contribution >= 4 is 29.7 Å². The molecule has 0 aromatic carbocycles. The average molecular weight is 484 g/mol. The smallest absolute Gasteiger partial charge is 0.328 e. The molecule has 5 atom stereocenters. The first kappa shape index (κ1) is 28.3. The minimum atomic E-state index is -1.58. The van der Waals surface area contributed by atoms with E-state index in [1.165, 1.54) is 26.4 Å². The van der Waals surface area contributed by atoms with Crippen LogP contribution in [0.25, 0.3) is 0 Å². The zero-order valence-electron chi connectivity index (χ0n) is 19.0. The zero-order valence-corrected chi connectivity index (χ0v) is 19.0. The molecule has 1 aromatic rings. The molecule has 0 aliphatic carbocycles. The Morgan fingerprint density at radius 1 is 1.12 bits per heavy atom. The van der Waals surface area contributed by atoms with Crippen molar-refractivity contribution in [2.24, 2.45) is 22.2 Å². The van der Waals surface area contributed by atoms with Crippen LogP contribution in [0.1, 0.15) is 32.4 Å². The van der Waals surface area contributed by atoms with Crippen LogP contribution in [0, 0.1) is 0 Å². The highest BCUT2D eigenvalue weighted by atomic mass is 16.4. The summed E-state index contributed by atoms with van der Waals surface area (Å²) in [6.45, 7) is 2.91. The van der Waals surface area contributed by atoms with Gasteiger partial charge in [-0.05, 0) is 26.7 Å². The molecule has 15 heteroatoms. The molecule has 0 aliphatic rings. The minimum Gasteiger partial charge on any atom is -0.480 e. The van der Waals surface area contributed by atoms with Gasteiger partial charge in [0.1, 0.15) is 12.1 Å².